The van der Waals surface area contributed by atoms with E-state index < -0.39 is 43.2 Å². The van der Waals surface area contributed by atoms with Crippen LogP contribution in [0.15, 0.2) is 6.33 Å². The third kappa shape index (κ3) is 2.32. The minimum absolute atomic E-state index is 0.263. The second-order valence-corrected chi connectivity index (χ2v) is 3.89. The van der Waals surface area contributed by atoms with E-state index in [1.54, 1.807) is 0 Å². The lowest BCUT2D eigenvalue weighted by atomic mass is 10.1. The summed E-state index contributed by atoms with van der Waals surface area (Å²) in [6.07, 6.45) is -6.35. The average molecular weight is 277 g/mol. The molecule has 5 N–H and O–H groups in total. The third-order valence-electron chi connectivity index (χ3n) is 2.73. The smallest absolute Gasteiger partial charge is 0.449 e. The lowest BCUT2D eigenvalue weighted by Gasteiger charge is -2.15. The van der Waals surface area contributed by atoms with Gasteiger partial charge in [-0.05, 0) is 0 Å². The molecule has 1 aromatic rings. The van der Waals surface area contributed by atoms with Crippen LogP contribution in [0.3, 0.4) is 0 Å². The molecular weight excluding hydrogens is 265 g/mol. The number of nitrogen functional groups attached to an aromatic ring is 1. The molecule has 10 heteroatoms. The van der Waals surface area contributed by atoms with Gasteiger partial charge in [0.2, 0.25) is 0 Å². The molecule has 1 fully saturated rings. The van der Waals surface area contributed by atoms with Gasteiger partial charge in [-0.15, -0.1) is 0 Å². The number of ether oxygens (including phenoxy) is 2. The maximum Gasteiger partial charge on any atom is 0.512 e. The Labute approximate surface area is 106 Å². The molecule has 1 aliphatic heterocycles. The molecule has 106 valence electrons. The summed E-state index contributed by atoms with van der Waals surface area (Å²) in [5.41, 5.74) is 5.55. The zero-order chi connectivity index (χ0) is 14.2. The van der Waals surface area contributed by atoms with Crippen LogP contribution in [0, 0.1) is 0 Å². The van der Waals surface area contributed by atoms with Gasteiger partial charge in [-0.2, -0.15) is 4.98 Å². The van der Waals surface area contributed by atoms with Gasteiger partial charge in [0.05, 0.1) is 6.61 Å². The molecule has 0 saturated carbocycles. The number of rotatable bonds is 3. The number of carbonyl (C=O) groups is 1. The van der Waals surface area contributed by atoms with Crippen molar-refractivity contribution in [3.8, 4) is 5.88 Å². The number of aromatic nitrogens is 2. The van der Waals surface area contributed by atoms with E-state index in [1.807, 2.05) is 0 Å². The fourth-order valence-corrected chi connectivity index (χ4v) is 1.80. The molecule has 0 aromatic carbocycles. The summed E-state index contributed by atoms with van der Waals surface area (Å²) in [6, 6.07) is 0. The van der Waals surface area contributed by atoms with Crippen molar-refractivity contribution >= 4 is 12.0 Å². The lowest BCUT2D eigenvalue weighted by Crippen LogP contribution is -2.30. The molecule has 0 bridgehead atoms. The van der Waals surface area contributed by atoms with Crippen LogP contribution in [0.5, 0.6) is 5.88 Å². The molecule has 0 amide bonds. The van der Waals surface area contributed by atoms with E-state index in [0.29, 0.717) is 0 Å². The summed E-state index contributed by atoms with van der Waals surface area (Å²) in [6.45, 7) is -0.564. The van der Waals surface area contributed by atoms with Crippen molar-refractivity contribution in [2.24, 2.45) is 0 Å². The minimum Gasteiger partial charge on any atom is -0.449 e. The number of halogens is 1. The fourth-order valence-electron chi connectivity index (χ4n) is 1.80. The van der Waals surface area contributed by atoms with E-state index in [2.05, 4.69) is 9.72 Å². The van der Waals surface area contributed by atoms with Gasteiger partial charge >= 0.3 is 6.16 Å². The zero-order valence-corrected chi connectivity index (χ0v) is 9.51. The van der Waals surface area contributed by atoms with Gasteiger partial charge in [-0.25, -0.2) is 9.18 Å². The first kappa shape index (κ1) is 13.5. The van der Waals surface area contributed by atoms with Crippen molar-refractivity contribution in [1.82, 2.24) is 9.55 Å². The minimum atomic E-state index is -1.84. The largest absolute Gasteiger partial charge is 0.512 e. The summed E-state index contributed by atoms with van der Waals surface area (Å²) in [5, 5.41) is 26.8. The molecule has 1 saturated heterocycles. The van der Waals surface area contributed by atoms with Crippen molar-refractivity contribution in [3.63, 3.8) is 0 Å². The van der Waals surface area contributed by atoms with Gasteiger partial charge in [-0.3, -0.25) is 4.57 Å². The summed E-state index contributed by atoms with van der Waals surface area (Å²) in [5.74, 6) is -0.675. The lowest BCUT2D eigenvalue weighted by molar-refractivity contribution is -0.0465. The molecule has 9 nitrogen and oxygen atoms in total. The number of nitrogens with zero attached hydrogens (tertiary/aromatic N) is 2. The Kier molecular flexibility index (Phi) is 3.55. The van der Waals surface area contributed by atoms with Gasteiger partial charge < -0.3 is 30.5 Å². The number of alkyl halides is 1. The van der Waals surface area contributed by atoms with E-state index in [-0.39, 0.29) is 5.82 Å². The predicted molar refractivity (Wildman–Crippen MR) is 57.2 cm³/mol. The van der Waals surface area contributed by atoms with E-state index in [9.17, 15) is 14.3 Å². The first-order valence-corrected chi connectivity index (χ1v) is 5.27. The van der Waals surface area contributed by atoms with Gasteiger partial charge in [0.25, 0.3) is 5.88 Å². The first-order valence-electron chi connectivity index (χ1n) is 5.27. The molecule has 19 heavy (non-hydrogen) atoms. The highest BCUT2D eigenvalue weighted by atomic mass is 19.1. The maximum absolute atomic E-state index is 13.8. The average Bonchev–Trinajstić information content (AvgIpc) is 2.83. The van der Waals surface area contributed by atoms with Crippen LogP contribution < -0.4 is 10.5 Å². The van der Waals surface area contributed by atoms with Crippen LogP contribution in [-0.4, -0.2) is 56.0 Å². The topological polar surface area (TPSA) is 140 Å². The predicted octanol–water partition coefficient (Wildman–Crippen LogP) is -0.889. The highest BCUT2D eigenvalue weighted by Crippen LogP contribution is 2.35. The van der Waals surface area contributed by atoms with Crippen LogP contribution in [0.25, 0.3) is 0 Å². The highest BCUT2D eigenvalue weighted by molar-refractivity contribution is 5.63. The summed E-state index contributed by atoms with van der Waals surface area (Å²) in [4.78, 5) is 13.9. The number of hydrogen-bond donors (Lipinski definition) is 4. The monoisotopic (exact) mass is 277 g/mol. The molecule has 0 spiro atoms. The molecule has 1 aliphatic rings. The van der Waals surface area contributed by atoms with Gasteiger partial charge in [0, 0.05) is 0 Å². The summed E-state index contributed by atoms with van der Waals surface area (Å²) >= 11 is 0. The molecule has 0 radical (unpaired) electrons. The van der Waals surface area contributed by atoms with Crippen molar-refractivity contribution in [2.45, 2.75) is 24.6 Å². The number of aliphatic hydroxyl groups excluding tert-OH is 2. The number of aliphatic hydroxyl groups is 2. The Morgan fingerprint density at radius 1 is 1.68 bits per heavy atom. The van der Waals surface area contributed by atoms with Crippen molar-refractivity contribution < 1.29 is 34.0 Å². The summed E-state index contributed by atoms with van der Waals surface area (Å²) in [7, 11) is 0. The van der Waals surface area contributed by atoms with E-state index in [1.165, 1.54) is 0 Å². The van der Waals surface area contributed by atoms with Gasteiger partial charge in [-0.1, -0.05) is 0 Å². The van der Waals surface area contributed by atoms with Crippen molar-refractivity contribution in [3.05, 3.63) is 6.33 Å². The zero-order valence-electron chi connectivity index (χ0n) is 9.51. The highest BCUT2D eigenvalue weighted by Gasteiger charge is 2.45. The maximum atomic E-state index is 13.8. The number of imidazole rings is 1. The van der Waals surface area contributed by atoms with Crippen LogP contribution >= 0.6 is 0 Å². The normalized spacial score (nSPS) is 30.5. The quantitative estimate of drug-likeness (QED) is 0.521. The van der Waals surface area contributed by atoms with Crippen LogP contribution in [0.1, 0.15) is 6.23 Å². The Morgan fingerprint density at radius 2 is 2.37 bits per heavy atom. The number of nitrogens with two attached hydrogens (primary N) is 1. The van der Waals surface area contributed by atoms with Crippen LogP contribution in [0.4, 0.5) is 15.0 Å². The molecule has 1 aromatic heterocycles. The molecule has 4 atom stereocenters. The number of carboxylic acid groups (broad SMARTS) is 1. The van der Waals surface area contributed by atoms with Crippen molar-refractivity contribution in [1.29, 1.82) is 0 Å². The molecule has 2 heterocycles. The van der Waals surface area contributed by atoms with Crippen molar-refractivity contribution in [2.75, 3.05) is 12.3 Å². The van der Waals surface area contributed by atoms with Crippen LogP contribution in [0.2, 0.25) is 0 Å². The second-order valence-electron chi connectivity index (χ2n) is 3.89. The Morgan fingerprint density at radius 3 is 2.89 bits per heavy atom. The van der Waals surface area contributed by atoms with E-state index in [0.717, 1.165) is 10.9 Å². The fraction of sp³-hybridized carbons (Fsp3) is 0.556. The molecule has 0 unspecified atom stereocenters. The molecule has 0 aliphatic carbocycles. The Hall–Kier alpha value is -1.91. The van der Waals surface area contributed by atoms with Gasteiger partial charge in [0.1, 0.15) is 18.5 Å². The Balaban J connectivity index is 2.23. The standard InChI is InChI=1S/C9H12FN3O6/c10-4-5(15)3(1-14)18-8(4)13-2-12-7(6(13)11)19-9(16)17/h2-5,8,14-15H,1,11H2,(H,16,17)/t3-,4+,5-,8-/m1/s1. The first-order chi connectivity index (χ1) is 8.95. The Bertz CT molecular complexity index is 481. The number of hydrogen-bond acceptors (Lipinski definition) is 7. The summed E-state index contributed by atoms with van der Waals surface area (Å²) < 4.78 is 24.2. The molecule has 2 rings (SSSR count). The van der Waals surface area contributed by atoms with Gasteiger partial charge in [0.15, 0.2) is 18.2 Å². The van der Waals surface area contributed by atoms with E-state index >= 15 is 0 Å². The second kappa shape index (κ2) is 4.99. The number of anilines is 1. The molecular formula is C9H12FN3O6. The van der Waals surface area contributed by atoms with Crippen LogP contribution in [-0.2, 0) is 4.74 Å². The third-order valence-corrected chi connectivity index (χ3v) is 2.73. The van der Waals surface area contributed by atoms with E-state index in [4.69, 9.17) is 20.7 Å². The SMILES string of the molecule is Nc1c(OC(=O)O)ncn1[C@@H]1O[C@H](CO)[C@@H](O)[C@@H]1F.